The van der Waals surface area contributed by atoms with Crippen molar-refractivity contribution in [3.05, 3.63) is 22.4 Å². The Kier molecular flexibility index (Phi) is 5.60. The molecule has 0 radical (unpaired) electrons. The Hall–Kier alpha value is -2.36. The third-order valence-corrected chi connectivity index (χ3v) is 4.07. The molecule has 0 atom stereocenters. The van der Waals surface area contributed by atoms with Crippen LogP contribution in [0.5, 0.6) is 0 Å². The van der Waals surface area contributed by atoms with Crippen molar-refractivity contribution in [3.8, 4) is 0 Å². The van der Waals surface area contributed by atoms with Crippen LogP contribution in [0.4, 0.5) is 0 Å². The fourth-order valence-corrected chi connectivity index (χ4v) is 2.84. The van der Waals surface area contributed by atoms with Gasteiger partial charge in [-0.3, -0.25) is 30.0 Å². The van der Waals surface area contributed by atoms with Gasteiger partial charge in [0.2, 0.25) is 0 Å². The highest BCUT2D eigenvalue weighted by Crippen LogP contribution is 2.13. The summed E-state index contributed by atoms with van der Waals surface area (Å²) in [5.74, 6) is -2.40. The van der Waals surface area contributed by atoms with E-state index in [9.17, 15) is 19.2 Å². The van der Waals surface area contributed by atoms with Crippen LogP contribution in [-0.2, 0) is 21.4 Å². The molecule has 0 aromatic carbocycles. The molecular formula is C14H18BrN5O4. The van der Waals surface area contributed by atoms with Gasteiger partial charge in [0.05, 0.1) is 0 Å². The van der Waals surface area contributed by atoms with Gasteiger partial charge in [-0.05, 0) is 28.9 Å². The van der Waals surface area contributed by atoms with Crippen molar-refractivity contribution in [3.63, 3.8) is 0 Å². The second-order valence-corrected chi connectivity index (χ2v) is 6.18. The van der Waals surface area contributed by atoms with E-state index < -0.39 is 23.6 Å². The fourth-order valence-electron chi connectivity index (χ4n) is 2.32. The molecule has 1 aromatic rings. The van der Waals surface area contributed by atoms with Crippen LogP contribution in [0.1, 0.15) is 17.4 Å². The second-order valence-electron chi connectivity index (χ2n) is 5.27. The molecule has 1 aromatic heterocycles. The van der Waals surface area contributed by atoms with Crippen LogP contribution in [0.3, 0.4) is 0 Å². The predicted octanol–water partition coefficient (Wildman–Crippen LogP) is -0.761. The van der Waals surface area contributed by atoms with E-state index in [1.807, 2.05) is 0 Å². The average Bonchev–Trinajstić information content (AvgIpc) is 2.88. The molecule has 1 aliphatic heterocycles. The largest absolute Gasteiger partial charge is 0.345 e. The minimum absolute atomic E-state index is 0.282. The number of nitrogens with one attached hydrogen (secondary N) is 2. The Labute approximate surface area is 147 Å². The highest BCUT2D eigenvalue weighted by Gasteiger charge is 2.32. The molecule has 0 spiro atoms. The number of halogens is 1. The standard InChI is InChI=1S/C14H18BrN5O4/c1-3-19-4-5-20(14(24)13(19)23)8-11(21)16-17-12(22)10-6-9(15)7-18(10)2/h6-7H,3-5,8H2,1-2H3,(H,16,21)(H,17,22). The number of rotatable bonds is 4. The number of hydrogen-bond donors (Lipinski definition) is 2. The molecule has 1 aliphatic rings. The molecular weight excluding hydrogens is 382 g/mol. The van der Waals surface area contributed by atoms with E-state index in [2.05, 4.69) is 26.8 Å². The van der Waals surface area contributed by atoms with Gasteiger partial charge in [-0.25, -0.2) is 0 Å². The summed E-state index contributed by atoms with van der Waals surface area (Å²) in [6.45, 7) is 2.61. The summed E-state index contributed by atoms with van der Waals surface area (Å²) in [4.78, 5) is 50.1. The lowest BCUT2D eigenvalue weighted by Gasteiger charge is -2.32. The number of likely N-dealkylation sites (N-methyl/N-ethyl adjacent to an activating group) is 1. The summed E-state index contributed by atoms with van der Waals surface area (Å²) in [6.07, 6.45) is 1.70. The molecule has 9 nitrogen and oxygen atoms in total. The van der Waals surface area contributed by atoms with E-state index in [1.165, 1.54) is 4.90 Å². The lowest BCUT2D eigenvalue weighted by Crippen LogP contribution is -2.57. The first-order chi connectivity index (χ1) is 11.3. The van der Waals surface area contributed by atoms with Crippen molar-refractivity contribution in [2.24, 2.45) is 7.05 Å². The number of piperazine rings is 1. The van der Waals surface area contributed by atoms with Crippen molar-refractivity contribution in [1.29, 1.82) is 0 Å². The highest BCUT2D eigenvalue weighted by molar-refractivity contribution is 9.10. The molecule has 10 heteroatoms. The zero-order chi connectivity index (χ0) is 17.9. The molecule has 0 aliphatic carbocycles. The van der Waals surface area contributed by atoms with Crippen LogP contribution in [0.15, 0.2) is 16.7 Å². The van der Waals surface area contributed by atoms with Crippen LogP contribution in [0, 0.1) is 0 Å². The summed E-state index contributed by atoms with van der Waals surface area (Å²) in [5.41, 5.74) is 4.87. The van der Waals surface area contributed by atoms with Crippen molar-refractivity contribution in [2.75, 3.05) is 26.2 Å². The third kappa shape index (κ3) is 3.94. The molecule has 2 N–H and O–H groups in total. The first-order valence-corrected chi connectivity index (χ1v) is 8.12. The number of hydrogen-bond acceptors (Lipinski definition) is 4. The molecule has 24 heavy (non-hydrogen) atoms. The lowest BCUT2D eigenvalue weighted by molar-refractivity contribution is -0.156. The number of amides is 4. The smallest absolute Gasteiger partial charge is 0.312 e. The van der Waals surface area contributed by atoms with Gasteiger partial charge < -0.3 is 14.4 Å². The van der Waals surface area contributed by atoms with Gasteiger partial charge in [0, 0.05) is 37.4 Å². The van der Waals surface area contributed by atoms with E-state index in [0.717, 1.165) is 9.37 Å². The molecule has 0 saturated carbocycles. The number of hydrazine groups is 1. The van der Waals surface area contributed by atoms with Crippen LogP contribution in [0.2, 0.25) is 0 Å². The summed E-state index contributed by atoms with van der Waals surface area (Å²) in [7, 11) is 1.69. The number of aromatic nitrogens is 1. The maximum Gasteiger partial charge on any atom is 0.312 e. The highest BCUT2D eigenvalue weighted by atomic mass is 79.9. The number of aryl methyl sites for hydroxylation is 1. The quantitative estimate of drug-likeness (QED) is 0.512. The Morgan fingerprint density at radius 1 is 1.17 bits per heavy atom. The minimum atomic E-state index is -0.712. The maximum absolute atomic E-state index is 12.0. The summed E-state index contributed by atoms with van der Waals surface area (Å²) < 4.78 is 2.33. The second kappa shape index (κ2) is 7.47. The first kappa shape index (κ1) is 18.0. The monoisotopic (exact) mass is 399 g/mol. The van der Waals surface area contributed by atoms with E-state index in [-0.39, 0.29) is 13.1 Å². The maximum atomic E-state index is 12.0. The Bertz CT molecular complexity index is 687. The Balaban J connectivity index is 1.85. The number of nitrogens with zero attached hydrogens (tertiary/aromatic N) is 3. The molecule has 2 heterocycles. The van der Waals surface area contributed by atoms with E-state index in [0.29, 0.717) is 18.8 Å². The van der Waals surface area contributed by atoms with Gasteiger partial charge in [-0.2, -0.15) is 0 Å². The topological polar surface area (TPSA) is 104 Å². The third-order valence-electron chi connectivity index (χ3n) is 3.63. The van der Waals surface area contributed by atoms with Gasteiger partial charge in [0.15, 0.2) is 0 Å². The lowest BCUT2D eigenvalue weighted by atomic mass is 10.3. The molecule has 0 bridgehead atoms. The number of carbonyl (C=O) groups is 4. The molecule has 1 fully saturated rings. The van der Waals surface area contributed by atoms with Crippen molar-refractivity contribution >= 4 is 39.6 Å². The van der Waals surface area contributed by atoms with Gasteiger partial charge >= 0.3 is 11.8 Å². The molecule has 130 valence electrons. The van der Waals surface area contributed by atoms with Crippen LogP contribution < -0.4 is 10.9 Å². The SMILES string of the molecule is CCN1CCN(CC(=O)NNC(=O)c2cc(Br)cn2C)C(=O)C1=O. The predicted molar refractivity (Wildman–Crippen MR) is 87.6 cm³/mol. The first-order valence-electron chi connectivity index (χ1n) is 7.32. The molecule has 0 unspecified atom stereocenters. The number of carbonyl (C=O) groups excluding carboxylic acids is 4. The molecule has 1 saturated heterocycles. The average molecular weight is 400 g/mol. The van der Waals surface area contributed by atoms with E-state index >= 15 is 0 Å². The van der Waals surface area contributed by atoms with Gasteiger partial charge in [-0.15, -0.1) is 0 Å². The summed E-state index contributed by atoms with van der Waals surface area (Å²) in [5, 5.41) is 0. The van der Waals surface area contributed by atoms with E-state index in [4.69, 9.17) is 0 Å². The van der Waals surface area contributed by atoms with Crippen LogP contribution in [-0.4, -0.2) is 64.2 Å². The summed E-state index contributed by atoms with van der Waals surface area (Å²) in [6, 6.07) is 1.60. The minimum Gasteiger partial charge on any atom is -0.345 e. The van der Waals surface area contributed by atoms with Crippen LogP contribution in [0.25, 0.3) is 0 Å². The van der Waals surface area contributed by atoms with Gasteiger partial charge in [0.1, 0.15) is 12.2 Å². The van der Waals surface area contributed by atoms with Gasteiger partial charge in [0.25, 0.3) is 11.8 Å². The Morgan fingerprint density at radius 2 is 1.79 bits per heavy atom. The normalized spacial score (nSPS) is 14.8. The van der Waals surface area contributed by atoms with E-state index in [1.54, 1.807) is 30.8 Å². The summed E-state index contributed by atoms with van der Waals surface area (Å²) >= 11 is 3.25. The van der Waals surface area contributed by atoms with Crippen molar-refractivity contribution < 1.29 is 19.2 Å². The molecule has 2 rings (SSSR count). The van der Waals surface area contributed by atoms with Crippen molar-refractivity contribution in [1.82, 2.24) is 25.2 Å². The zero-order valence-electron chi connectivity index (χ0n) is 13.3. The zero-order valence-corrected chi connectivity index (χ0v) is 14.9. The van der Waals surface area contributed by atoms with Crippen LogP contribution >= 0.6 is 15.9 Å². The fraction of sp³-hybridized carbons (Fsp3) is 0.429. The van der Waals surface area contributed by atoms with Crippen molar-refractivity contribution in [2.45, 2.75) is 6.92 Å². The molecule has 4 amide bonds. The van der Waals surface area contributed by atoms with Gasteiger partial charge in [-0.1, -0.05) is 0 Å². The Morgan fingerprint density at radius 3 is 2.38 bits per heavy atom.